The summed E-state index contributed by atoms with van der Waals surface area (Å²) in [5, 5.41) is 4.26. The van der Waals surface area contributed by atoms with Gasteiger partial charge in [-0.25, -0.2) is 0 Å². The second-order valence-electron chi connectivity index (χ2n) is 5.09. The molecule has 3 heteroatoms. The second kappa shape index (κ2) is 4.87. The van der Waals surface area contributed by atoms with Crippen LogP contribution in [0.25, 0.3) is 0 Å². The van der Waals surface area contributed by atoms with Gasteiger partial charge in [0, 0.05) is 28.8 Å². The fourth-order valence-corrected chi connectivity index (χ4v) is 3.00. The molecule has 94 valence electrons. The minimum absolute atomic E-state index is 0.459. The molecule has 1 aromatic carbocycles. The van der Waals surface area contributed by atoms with Crippen LogP contribution in [0.15, 0.2) is 18.2 Å². The van der Waals surface area contributed by atoms with Gasteiger partial charge in [-0.1, -0.05) is 17.7 Å². The monoisotopic (exact) mass is 252 g/mol. The Morgan fingerprint density at radius 3 is 2.65 bits per heavy atom. The maximum Gasteiger partial charge on any atom is 0.0484 e. The maximum atomic E-state index is 6.31. The first-order chi connectivity index (χ1) is 8.06. The molecule has 1 aliphatic heterocycles. The van der Waals surface area contributed by atoms with Crippen LogP contribution < -0.4 is 10.2 Å². The van der Waals surface area contributed by atoms with E-state index in [1.54, 1.807) is 0 Å². The van der Waals surface area contributed by atoms with E-state index in [1.165, 1.54) is 11.3 Å². The van der Waals surface area contributed by atoms with E-state index >= 15 is 0 Å². The Morgan fingerprint density at radius 2 is 2.06 bits per heavy atom. The minimum Gasteiger partial charge on any atom is -0.364 e. The number of benzene rings is 1. The molecule has 17 heavy (non-hydrogen) atoms. The Bertz CT molecular complexity index is 403. The number of hydrogen-bond donors (Lipinski definition) is 1. The van der Waals surface area contributed by atoms with Crippen LogP contribution in [0.4, 0.5) is 5.69 Å². The van der Waals surface area contributed by atoms with Gasteiger partial charge in [0.1, 0.15) is 0 Å². The Hall–Kier alpha value is -0.730. The summed E-state index contributed by atoms with van der Waals surface area (Å²) < 4.78 is 0. The molecule has 0 aliphatic carbocycles. The number of nitrogens with zero attached hydrogens (tertiary/aromatic N) is 1. The largest absolute Gasteiger partial charge is 0.364 e. The Morgan fingerprint density at radius 1 is 1.35 bits per heavy atom. The molecule has 0 saturated heterocycles. The molecule has 0 saturated carbocycles. The lowest BCUT2D eigenvalue weighted by molar-refractivity contribution is 0.451. The van der Waals surface area contributed by atoms with Gasteiger partial charge >= 0.3 is 0 Å². The third-order valence-corrected chi connectivity index (χ3v) is 4.09. The third-order valence-electron chi connectivity index (χ3n) is 3.73. The summed E-state index contributed by atoms with van der Waals surface area (Å²) in [6.07, 6.45) is 1.04. The van der Waals surface area contributed by atoms with Gasteiger partial charge in [0.25, 0.3) is 0 Å². The topological polar surface area (TPSA) is 15.3 Å². The van der Waals surface area contributed by atoms with Crippen molar-refractivity contribution < 1.29 is 0 Å². The zero-order valence-electron chi connectivity index (χ0n) is 11.0. The first-order valence-corrected chi connectivity index (χ1v) is 6.67. The third kappa shape index (κ3) is 2.16. The van der Waals surface area contributed by atoms with Crippen LogP contribution in [-0.4, -0.2) is 25.2 Å². The van der Waals surface area contributed by atoms with Crippen molar-refractivity contribution in [1.29, 1.82) is 0 Å². The van der Waals surface area contributed by atoms with Crippen LogP contribution in [0.2, 0.25) is 5.02 Å². The van der Waals surface area contributed by atoms with Crippen LogP contribution in [0.3, 0.4) is 0 Å². The molecule has 1 heterocycles. The van der Waals surface area contributed by atoms with Gasteiger partial charge in [0.2, 0.25) is 0 Å². The molecule has 0 spiro atoms. The van der Waals surface area contributed by atoms with Crippen molar-refractivity contribution in [3.8, 4) is 0 Å². The van der Waals surface area contributed by atoms with E-state index in [4.69, 9.17) is 11.6 Å². The molecule has 1 N–H and O–H groups in total. The van der Waals surface area contributed by atoms with Crippen LogP contribution in [0.5, 0.6) is 0 Å². The second-order valence-corrected chi connectivity index (χ2v) is 5.49. The van der Waals surface area contributed by atoms with Crippen LogP contribution in [0, 0.1) is 0 Å². The van der Waals surface area contributed by atoms with E-state index in [1.807, 2.05) is 19.2 Å². The highest BCUT2D eigenvalue weighted by Crippen LogP contribution is 2.38. The van der Waals surface area contributed by atoms with Gasteiger partial charge < -0.3 is 10.2 Å². The summed E-state index contributed by atoms with van der Waals surface area (Å²) >= 11 is 6.31. The van der Waals surface area contributed by atoms with Gasteiger partial charge in [0.15, 0.2) is 0 Å². The molecule has 2 nitrogen and oxygen atoms in total. The summed E-state index contributed by atoms with van der Waals surface area (Å²) in [5.74, 6) is 0. The van der Waals surface area contributed by atoms with Gasteiger partial charge in [-0.05, 0) is 51.9 Å². The number of fused-ring (bicyclic) bond motifs is 1. The molecule has 2 atom stereocenters. The SMILES string of the molecule is CNC(C)C1Cc2c(Cl)cccc2N1C(C)C. The number of hydrogen-bond acceptors (Lipinski definition) is 2. The Balaban J connectivity index is 2.41. The fourth-order valence-electron chi connectivity index (χ4n) is 2.75. The highest BCUT2D eigenvalue weighted by atomic mass is 35.5. The van der Waals surface area contributed by atoms with Gasteiger partial charge in [-0.3, -0.25) is 0 Å². The van der Waals surface area contributed by atoms with Crippen LogP contribution in [0.1, 0.15) is 26.3 Å². The lowest BCUT2D eigenvalue weighted by Gasteiger charge is -2.35. The number of nitrogens with one attached hydrogen (secondary N) is 1. The number of anilines is 1. The number of rotatable bonds is 3. The highest BCUT2D eigenvalue weighted by molar-refractivity contribution is 6.31. The van der Waals surface area contributed by atoms with E-state index < -0.39 is 0 Å². The van der Waals surface area contributed by atoms with E-state index in [9.17, 15) is 0 Å². The lowest BCUT2D eigenvalue weighted by Crippen LogP contribution is -2.48. The first kappa shape index (κ1) is 12.7. The maximum absolute atomic E-state index is 6.31. The van der Waals surface area contributed by atoms with Crippen LogP contribution >= 0.6 is 11.6 Å². The summed E-state index contributed by atoms with van der Waals surface area (Å²) in [6.45, 7) is 6.72. The predicted octanol–water partition coefficient (Wildman–Crippen LogP) is 3.09. The van der Waals surface area contributed by atoms with Gasteiger partial charge in [0.05, 0.1) is 0 Å². The Kier molecular flexibility index (Phi) is 3.64. The predicted molar refractivity (Wildman–Crippen MR) is 75.1 cm³/mol. The highest BCUT2D eigenvalue weighted by Gasteiger charge is 2.34. The standard InChI is InChI=1S/C14H21ClN2/c1-9(2)17-13-7-5-6-12(15)11(13)8-14(17)10(3)16-4/h5-7,9-10,14,16H,8H2,1-4H3. The first-order valence-electron chi connectivity index (χ1n) is 6.29. The molecule has 1 aliphatic rings. The molecular weight excluding hydrogens is 232 g/mol. The van der Waals surface area contributed by atoms with E-state index in [-0.39, 0.29) is 0 Å². The lowest BCUT2D eigenvalue weighted by atomic mass is 10.0. The van der Waals surface area contributed by atoms with Crippen molar-refractivity contribution in [1.82, 2.24) is 5.32 Å². The molecule has 2 rings (SSSR count). The summed E-state index contributed by atoms with van der Waals surface area (Å²) in [6, 6.07) is 7.67. The molecule has 1 aromatic rings. The molecule has 0 fully saturated rings. The van der Waals surface area contributed by atoms with Crippen LogP contribution in [-0.2, 0) is 6.42 Å². The van der Waals surface area contributed by atoms with E-state index in [0.29, 0.717) is 18.1 Å². The molecule has 0 amide bonds. The van der Waals surface area contributed by atoms with Gasteiger partial charge in [-0.15, -0.1) is 0 Å². The minimum atomic E-state index is 0.459. The zero-order valence-corrected chi connectivity index (χ0v) is 11.8. The number of halogens is 1. The quantitative estimate of drug-likeness (QED) is 0.890. The van der Waals surface area contributed by atoms with E-state index in [0.717, 1.165) is 11.4 Å². The summed E-state index contributed by atoms with van der Waals surface area (Å²) in [4.78, 5) is 2.49. The van der Waals surface area contributed by atoms with Crippen molar-refractivity contribution in [2.45, 2.75) is 45.3 Å². The fraction of sp³-hybridized carbons (Fsp3) is 0.571. The summed E-state index contributed by atoms with van der Waals surface area (Å²) in [7, 11) is 2.02. The van der Waals surface area contributed by atoms with Crippen molar-refractivity contribution in [3.63, 3.8) is 0 Å². The molecule has 0 aromatic heterocycles. The zero-order chi connectivity index (χ0) is 12.6. The van der Waals surface area contributed by atoms with Crippen molar-refractivity contribution in [3.05, 3.63) is 28.8 Å². The average Bonchev–Trinajstić information content (AvgIpc) is 2.68. The normalized spacial score (nSPS) is 20.8. The molecule has 2 unspecified atom stereocenters. The van der Waals surface area contributed by atoms with E-state index in [2.05, 4.69) is 37.1 Å². The molecule has 0 radical (unpaired) electrons. The van der Waals surface area contributed by atoms with Gasteiger partial charge in [-0.2, -0.15) is 0 Å². The Labute approximate surface area is 109 Å². The van der Waals surface area contributed by atoms with Crippen molar-refractivity contribution in [2.24, 2.45) is 0 Å². The van der Waals surface area contributed by atoms with Crippen molar-refractivity contribution >= 4 is 17.3 Å². The molecule has 0 bridgehead atoms. The number of likely N-dealkylation sites (N-methyl/N-ethyl adjacent to an activating group) is 1. The summed E-state index contributed by atoms with van der Waals surface area (Å²) in [5.41, 5.74) is 2.61. The smallest absolute Gasteiger partial charge is 0.0484 e. The average molecular weight is 253 g/mol. The van der Waals surface area contributed by atoms with Crippen molar-refractivity contribution in [2.75, 3.05) is 11.9 Å². The molecular formula is C14H21ClN2.